The van der Waals surface area contributed by atoms with Crippen LogP contribution >= 0.6 is 12.4 Å². The van der Waals surface area contributed by atoms with Crippen LogP contribution in [0.4, 0.5) is 8.78 Å². The molecular formula is C18H21ClF2N4O. The topological polar surface area (TPSA) is 50.2 Å². The maximum absolute atomic E-state index is 13.6. The van der Waals surface area contributed by atoms with E-state index in [9.17, 15) is 13.6 Å². The minimum Gasteiger partial charge on any atom is -0.336 e. The van der Waals surface area contributed by atoms with Crippen LogP contribution in [0.5, 0.6) is 0 Å². The van der Waals surface area contributed by atoms with Crippen LogP contribution in [-0.2, 0) is 12.8 Å². The van der Waals surface area contributed by atoms with Gasteiger partial charge in [-0.25, -0.2) is 13.5 Å². The summed E-state index contributed by atoms with van der Waals surface area (Å²) in [5.74, 6) is -1.87. The predicted octanol–water partition coefficient (Wildman–Crippen LogP) is 2.50. The van der Waals surface area contributed by atoms with Crippen molar-refractivity contribution in [2.24, 2.45) is 0 Å². The maximum atomic E-state index is 13.6. The Labute approximate surface area is 156 Å². The van der Waals surface area contributed by atoms with E-state index in [0.29, 0.717) is 24.5 Å². The van der Waals surface area contributed by atoms with Crippen LogP contribution in [0.15, 0.2) is 18.2 Å². The number of halogens is 3. The summed E-state index contributed by atoms with van der Waals surface area (Å²) in [7, 11) is 0. The Morgan fingerprint density at radius 1 is 1.08 bits per heavy atom. The van der Waals surface area contributed by atoms with Crippen LogP contribution in [0.2, 0.25) is 0 Å². The van der Waals surface area contributed by atoms with Gasteiger partial charge in [0.15, 0.2) is 17.3 Å². The summed E-state index contributed by atoms with van der Waals surface area (Å²) in [4.78, 5) is 14.8. The summed E-state index contributed by atoms with van der Waals surface area (Å²) < 4.78 is 28.5. The summed E-state index contributed by atoms with van der Waals surface area (Å²) in [5, 5.41) is 7.78. The summed E-state index contributed by atoms with van der Waals surface area (Å²) in [6.45, 7) is 3.05. The van der Waals surface area contributed by atoms with E-state index in [1.165, 1.54) is 6.07 Å². The smallest absolute Gasteiger partial charge is 0.274 e. The van der Waals surface area contributed by atoms with E-state index < -0.39 is 11.6 Å². The first-order chi connectivity index (χ1) is 12.1. The summed E-state index contributed by atoms with van der Waals surface area (Å²) in [6.07, 6.45) is 3.44. The number of rotatable bonds is 2. The third-order valence-corrected chi connectivity index (χ3v) is 4.91. The predicted molar refractivity (Wildman–Crippen MR) is 96.1 cm³/mol. The Bertz CT molecular complexity index is 816. The molecule has 0 atom stereocenters. The molecule has 1 aliphatic heterocycles. The van der Waals surface area contributed by atoms with Crippen LogP contribution in [0.1, 0.15) is 34.6 Å². The first-order valence-electron chi connectivity index (χ1n) is 8.71. The number of benzene rings is 1. The summed E-state index contributed by atoms with van der Waals surface area (Å²) in [5.41, 5.74) is 2.79. The number of hydrogen-bond donors (Lipinski definition) is 1. The number of hydrogen-bond acceptors (Lipinski definition) is 3. The van der Waals surface area contributed by atoms with Crippen molar-refractivity contribution in [2.45, 2.75) is 25.7 Å². The van der Waals surface area contributed by atoms with Gasteiger partial charge in [-0.2, -0.15) is 5.10 Å². The Balaban J connectivity index is 0.00000196. The molecular weight excluding hydrogens is 362 g/mol. The van der Waals surface area contributed by atoms with E-state index in [1.807, 2.05) is 4.90 Å². The average molecular weight is 383 g/mol. The van der Waals surface area contributed by atoms with Crippen molar-refractivity contribution in [3.05, 3.63) is 46.8 Å². The van der Waals surface area contributed by atoms with Crippen LogP contribution in [-0.4, -0.2) is 46.8 Å². The van der Waals surface area contributed by atoms with Crippen molar-refractivity contribution in [3.8, 4) is 5.69 Å². The molecule has 1 fully saturated rings. The molecule has 2 aromatic rings. The van der Waals surface area contributed by atoms with Crippen LogP contribution in [0.3, 0.4) is 0 Å². The molecule has 1 saturated heterocycles. The van der Waals surface area contributed by atoms with Gasteiger partial charge in [0.05, 0.1) is 5.69 Å². The number of carbonyl (C=O) groups excluding carboxylic acids is 1. The van der Waals surface area contributed by atoms with Gasteiger partial charge in [-0.05, 0) is 44.4 Å². The molecule has 4 rings (SSSR count). The maximum Gasteiger partial charge on any atom is 0.274 e. The van der Waals surface area contributed by atoms with Crippen molar-refractivity contribution in [3.63, 3.8) is 0 Å². The molecule has 0 unspecified atom stereocenters. The van der Waals surface area contributed by atoms with Crippen molar-refractivity contribution >= 4 is 18.3 Å². The highest BCUT2D eigenvalue weighted by Crippen LogP contribution is 2.29. The van der Waals surface area contributed by atoms with Gasteiger partial charge in [0.1, 0.15) is 0 Å². The minimum atomic E-state index is -0.911. The first kappa shape index (κ1) is 18.8. The molecule has 1 amide bonds. The van der Waals surface area contributed by atoms with Crippen LogP contribution < -0.4 is 5.32 Å². The Morgan fingerprint density at radius 2 is 1.92 bits per heavy atom. The number of nitrogens with zero attached hydrogens (tertiary/aromatic N) is 3. The lowest BCUT2D eigenvalue weighted by molar-refractivity contribution is 0.0759. The van der Waals surface area contributed by atoms with Gasteiger partial charge in [-0.3, -0.25) is 4.79 Å². The zero-order chi connectivity index (χ0) is 17.4. The molecule has 1 aromatic heterocycles. The van der Waals surface area contributed by atoms with Crippen molar-refractivity contribution in [1.82, 2.24) is 20.0 Å². The molecule has 0 spiro atoms. The Kier molecular flexibility index (Phi) is 5.58. The normalized spacial score (nSPS) is 16.8. The Hall–Kier alpha value is -1.99. The molecule has 2 heterocycles. The quantitative estimate of drug-likeness (QED) is 0.868. The third-order valence-electron chi connectivity index (χ3n) is 4.91. The van der Waals surface area contributed by atoms with Crippen molar-refractivity contribution in [1.29, 1.82) is 0 Å². The molecule has 0 saturated carbocycles. The molecule has 1 aromatic carbocycles. The van der Waals surface area contributed by atoms with E-state index in [0.717, 1.165) is 62.2 Å². The lowest BCUT2D eigenvalue weighted by Crippen LogP contribution is -2.35. The van der Waals surface area contributed by atoms with Gasteiger partial charge in [0, 0.05) is 37.0 Å². The number of amides is 1. The largest absolute Gasteiger partial charge is 0.336 e. The van der Waals surface area contributed by atoms with Gasteiger partial charge in [-0.1, -0.05) is 0 Å². The second-order valence-electron chi connectivity index (χ2n) is 6.53. The van der Waals surface area contributed by atoms with Gasteiger partial charge in [0.25, 0.3) is 5.91 Å². The molecule has 0 bridgehead atoms. The number of fused-ring (bicyclic) bond motifs is 1. The standard InChI is InChI=1S/C18H20F2N4O.ClH/c19-14-6-5-12(11-15(14)20)24-16-4-1-3-13(16)17(22-24)18(25)23-9-2-7-21-8-10-23;/h5-6,11,21H,1-4,7-10H2;1H. The van der Waals surface area contributed by atoms with Crippen molar-refractivity contribution in [2.75, 3.05) is 26.2 Å². The molecule has 2 aliphatic rings. The molecule has 1 aliphatic carbocycles. The van der Waals surface area contributed by atoms with E-state index in [1.54, 1.807) is 4.68 Å². The fourth-order valence-electron chi connectivity index (χ4n) is 3.64. The molecule has 1 N–H and O–H groups in total. The minimum absolute atomic E-state index is 0. The third kappa shape index (κ3) is 3.33. The molecule has 8 heteroatoms. The monoisotopic (exact) mass is 382 g/mol. The van der Waals surface area contributed by atoms with E-state index >= 15 is 0 Å². The van der Waals surface area contributed by atoms with E-state index in [4.69, 9.17) is 0 Å². The highest BCUT2D eigenvalue weighted by molar-refractivity contribution is 5.94. The van der Waals surface area contributed by atoms with E-state index in [2.05, 4.69) is 10.4 Å². The SMILES string of the molecule is Cl.O=C(c1nn(-c2ccc(F)c(F)c2)c2c1CCC2)N1CCCNCC1. The average Bonchev–Trinajstić information content (AvgIpc) is 3.10. The number of nitrogens with one attached hydrogen (secondary N) is 1. The lowest BCUT2D eigenvalue weighted by Gasteiger charge is -2.19. The molecule has 5 nitrogen and oxygen atoms in total. The summed E-state index contributed by atoms with van der Waals surface area (Å²) in [6, 6.07) is 3.72. The summed E-state index contributed by atoms with van der Waals surface area (Å²) >= 11 is 0. The molecule has 0 radical (unpaired) electrons. The fraction of sp³-hybridized carbons (Fsp3) is 0.444. The second-order valence-corrected chi connectivity index (χ2v) is 6.53. The van der Waals surface area contributed by atoms with E-state index in [-0.39, 0.29) is 18.3 Å². The van der Waals surface area contributed by atoms with Gasteiger partial charge < -0.3 is 10.2 Å². The van der Waals surface area contributed by atoms with Crippen LogP contribution in [0, 0.1) is 11.6 Å². The zero-order valence-corrected chi connectivity index (χ0v) is 15.1. The van der Waals surface area contributed by atoms with Gasteiger partial charge in [-0.15, -0.1) is 12.4 Å². The number of aromatic nitrogens is 2. The number of carbonyl (C=O) groups is 1. The highest BCUT2D eigenvalue weighted by Gasteiger charge is 2.30. The first-order valence-corrected chi connectivity index (χ1v) is 8.71. The van der Waals surface area contributed by atoms with Crippen LogP contribution in [0.25, 0.3) is 5.69 Å². The van der Waals surface area contributed by atoms with Gasteiger partial charge in [0.2, 0.25) is 0 Å². The van der Waals surface area contributed by atoms with Crippen molar-refractivity contribution < 1.29 is 13.6 Å². The lowest BCUT2D eigenvalue weighted by atomic mass is 10.2. The zero-order valence-electron chi connectivity index (χ0n) is 14.3. The Morgan fingerprint density at radius 3 is 2.73 bits per heavy atom. The fourth-order valence-corrected chi connectivity index (χ4v) is 3.64. The van der Waals surface area contributed by atoms with Gasteiger partial charge >= 0.3 is 0 Å². The highest BCUT2D eigenvalue weighted by atomic mass is 35.5. The molecule has 26 heavy (non-hydrogen) atoms. The molecule has 140 valence electrons. The second kappa shape index (κ2) is 7.72.